The molecule has 3 rings (SSSR count). The molecular weight excluding hydrogens is 415 g/mol. The van der Waals surface area contributed by atoms with E-state index in [0.29, 0.717) is 23.4 Å². The van der Waals surface area contributed by atoms with Crippen LogP contribution in [0, 0.1) is 5.82 Å². The summed E-state index contributed by atoms with van der Waals surface area (Å²) in [5.74, 6) is -0.298. The van der Waals surface area contributed by atoms with Gasteiger partial charge in [0.05, 0.1) is 15.8 Å². The van der Waals surface area contributed by atoms with Crippen molar-refractivity contribution in [1.82, 2.24) is 5.32 Å². The van der Waals surface area contributed by atoms with E-state index in [9.17, 15) is 22.4 Å². The average Bonchev–Trinajstić information content (AvgIpc) is 2.87. The molecule has 154 valence electrons. The Morgan fingerprint density at radius 3 is 2.69 bits per heavy atom. The number of anilines is 1. The van der Waals surface area contributed by atoms with Crippen LogP contribution in [0.5, 0.6) is 0 Å². The molecular formula is C20H21FN2O4S2. The summed E-state index contributed by atoms with van der Waals surface area (Å²) < 4.78 is 38.7. The van der Waals surface area contributed by atoms with Crippen LogP contribution in [-0.2, 0) is 26.0 Å². The standard InChI is InChI=1S/C20H21FN2O4S2/c1-13(10-20(25)22-12-14-2-4-15(21)5-3-14)29(26,27)16-6-7-18-17(11-16)23-19(24)8-9-28-18/h2-7,11,13H,8-10,12H2,1H3,(H,22,25)(H,23,24). The second-order valence-electron chi connectivity index (χ2n) is 6.77. The van der Waals surface area contributed by atoms with Crippen molar-refractivity contribution in [2.45, 2.75) is 41.4 Å². The maximum Gasteiger partial charge on any atom is 0.225 e. The zero-order chi connectivity index (χ0) is 21.0. The number of benzene rings is 2. The van der Waals surface area contributed by atoms with Crippen LogP contribution < -0.4 is 10.6 Å². The highest BCUT2D eigenvalue weighted by atomic mass is 32.2. The molecule has 6 nitrogen and oxygen atoms in total. The maximum absolute atomic E-state index is 12.9. The summed E-state index contributed by atoms with van der Waals surface area (Å²) in [6.07, 6.45) is 0.160. The summed E-state index contributed by atoms with van der Waals surface area (Å²) >= 11 is 1.49. The Morgan fingerprint density at radius 1 is 1.24 bits per heavy atom. The van der Waals surface area contributed by atoms with Crippen LogP contribution in [0.15, 0.2) is 52.3 Å². The Balaban J connectivity index is 1.66. The summed E-state index contributed by atoms with van der Waals surface area (Å²) in [5, 5.41) is 4.44. The first kappa shape index (κ1) is 21.3. The molecule has 1 atom stereocenters. The van der Waals surface area contributed by atoms with Crippen molar-refractivity contribution in [2.75, 3.05) is 11.1 Å². The van der Waals surface area contributed by atoms with E-state index in [1.54, 1.807) is 18.2 Å². The number of carbonyl (C=O) groups excluding carboxylic acids is 2. The van der Waals surface area contributed by atoms with E-state index < -0.39 is 21.0 Å². The molecule has 2 amide bonds. The molecule has 0 radical (unpaired) electrons. The summed E-state index contributed by atoms with van der Waals surface area (Å²) in [4.78, 5) is 24.8. The van der Waals surface area contributed by atoms with Crippen molar-refractivity contribution in [3.63, 3.8) is 0 Å². The zero-order valence-corrected chi connectivity index (χ0v) is 17.4. The van der Waals surface area contributed by atoms with Gasteiger partial charge in [-0.05, 0) is 42.8 Å². The Bertz CT molecular complexity index is 1020. The highest BCUT2D eigenvalue weighted by Gasteiger charge is 2.27. The molecule has 0 aromatic heterocycles. The van der Waals surface area contributed by atoms with Crippen molar-refractivity contribution in [2.24, 2.45) is 0 Å². The molecule has 0 aliphatic carbocycles. The topological polar surface area (TPSA) is 92.3 Å². The Morgan fingerprint density at radius 2 is 1.97 bits per heavy atom. The summed E-state index contributed by atoms with van der Waals surface area (Å²) in [6.45, 7) is 1.67. The second-order valence-corrected chi connectivity index (χ2v) is 10.3. The first-order valence-corrected chi connectivity index (χ1v) is 11.6. The molecule has 2 N–H and O–H groups in total. The number of fused-ring (bicyclic) bond motifs is 1. The van der Waals surface area contributed by atoms with Gasteiger partial charge >= 0.3 is 0 Å². The summed E-state index contributed by atoms with van der Waals surface area (Å²) in [5.41, 5.74) is 1.20. The number of thioether (sulfide) groups is 1. The summed E-state index contributed by atoms with van der Waals surface area (Å²) in [6, 6.07) is 10.3. The third-order valence-corrected chi connectivity index (χ3v) is 7.76. The number of carbonyl (C=O) groups is 2. The van der Waals surface area contributed by atoms with Gasteiger partial charge in [0.1, 0.15) is 5.82 Å². The first-order valence-electron chi connectivity index (χ1n) is 9.07. The van der Waals surface area contributed by atoms with Gasteiger partial charge in [0.15, 0.2) is 9.84 Å². The quantitative estimate of drug-likeness (QED) is 0.726. The van der Waals surface area contributed by atoms with E-state index >= 15 is 0 Å². The van der Waals surface area contributed by atoms with Crippen molar-refractivity contribution in [3.8, 4) is 0 Å². The molecule has 29 heavy (non-hydrogen) atoms. The highest BCUT2D eigenvalue weighted by Crippen LogP contribution is 2.33. The molecule has 1 aliphatic heterocycles. The smallest absolute Gasteiger partial charge is 0.225 e. The van der Waals surface area contributed by atoms with Gasteiger partial charge in [-0.2, -0.15) is 0 Å². The molecule has 1 aliphatic rings. The molecule has 9 heteroatoms. The lowest BCUT2D eigenvalue weighted by molar-refractivity contribution is -0.121. The van der Waals surface area contributed by atoms with Gasteiger partial charge in [-0.1, -0.05) is 12.1 Å². The summed E-state index contributed by atoms with van der Waals surface area (Å²) in [7, 11) is -3.76. The number of halogens is 1. The zero-order valence-electron chi connectivity index (χ0n) is 15.8. The minimum atomic E-state index is -3.76. The van der Waals surface area contributed by atoms with Gasteiger partial charge in [0, 0.05) is 30.0 Å². The molecule has 0 bridgehead atoms. The number of sulfone groups is 1. The average molecular weight is 437 g/mol. The van der Waals surface area contributed by atoms with Crippen LogP contribution in [0.25, 0.3) is 0 Å². The van der Waals surface area contributed by atoms with E-state index in [4.69, 9.17) is 0 Å². The van der Waals surface area contributed by atoms with Crippen LogP contribution in [0.1, 0.15) is 25.3 Å². The van der Waals surface area contributed by atoms with Crippen molar-refractivity contribution in [3.05, 3.63) is 53.8 Å². The van der Waals surface area contributed by atoms with E-state index in [2.05, 4.69) is 10.6 Å². The van der Waals surface area contributed by atoms with E-state index in [0.717, 1.165) is 4.90 Å². The van der Waals surface area contributed by atoms with Crippen molar-refractivity contribution in [1.29, 1.82) is 0 Å². The number of rotatable bonds is 6. The lowest BCUT2D eigenvalue weighted by atomic mass is 10.2. The maximum atomic E-state index is 12.9. The Labute approximate surface area is 173 Å². The van der Waals surface area contributed by atoms with E-state index in [1.807, 2.05) is 0 Å². The van der Waals surface area contributed by atoms with Crippen molar-refractivity contribution < 1.29 is 22.4 Å². The third-order valence-electron chi connectivity index (χ3n) is 4.55. The molecule has 1 unspecified atom stereocenters. The second kappa shape index (κ2) is 8.96. The van der Waals surface area contributed by atoms with Gasteiger partial charge in [0.25, 0.3) is 0 Å². The minimum Gasteiger partial charge on any atom is -0.352 e. The van der Waals surface area contributed by atoms with Gasteiger partial charge in [-0.25, -0.2) is 12.8 Å². The monoisotopic (exact) mass is 436 g/mol. The number of hydrogen-bond donors (Lipinski definition) is 2. The number of hydrogen-bond acceptors (Lipinski definition) is 5. The molecule has 2 aromatic carbocycles. The lowest BCUT2D eigenvalue weighted by Crippen LogP contribution is -2.29. The van der Waals surface area contributed by atoms with Gasteiger partial charge in [0.2, 0.25) is 11.8 Å². The predicted molar refractivity (Wildman–Crippen MR) is 110 cm³/mol. The van der Waals surface area contributed by atoms with Crippen LogP contribution in [0.2, 0.25) is 0 Å². The van der Waals surface area contributed by atoms with Crippen LogP contribution in [0.4, 0.5) is 10.1 Å². The van der Waals surface area contributed by atoms with E-state index in [-0.39, 0.29) is 29.6 Å². The minimum absolute atomic E-state index is 0.0675. The van der Waals surface area contributed by atoms with Crippen LogP contribution in [-0.4, -0.2) is 31.2 Å². The molecule has 0 spiro atoms. The number of nitrogens with one attached hydrogen (secondary N) is 2. The lowest BCUT2D eigenvalue weighted by Gasteiger charge is -2.15. The molecule has 2 aromatic rings. The van der Waals surface area contributed by atoms with Gasteiger partial charge in [-0.15, -0.1) is 11.8 Å². The van der Waals surface area contributed by atoms with Crippen LogP contribution in [0.3, 0.4) is 0 Å². The normalized spacial score (nSPS) is 15.0. The van der Waals surface area contributed by atoms with Crippen molar-refractivity contribution >= 4 is 39.1 Å². The van der Waals surface area contributed by atoms with E-state index in [1.165, 1.54) is 43.0 Å². The number of amides is 2. The molecule has 0 saturated carbocycles. The largest absolute Gasteiger partial charge is 0.352 e. The fourth-order valence-corrected chi connectivity index (χ4v) is 5.17. The molecule has 0 fully saturated rings. The Hall–Kier alpha value is -2.39. The van der Waals surface area contributed by atoms with Crippen LogP contribution >= 0.6 is 11.8 Å². The van der Waals surface area contributed by atoms with Gasteiger partial charge < -0.3 is 10.6 Å². The molecule has 0 saturated heterocycles. The fourth-order valence-electron chi connectivity index (χ4n) is 2.85. The fraction of sp³-hybridized carbons (Fsp3) is 0.300. The molecule has 1 heterocycles. The third kappa shape index (κ3) is 5.36. The highest BCUT2D eigenvalue weighted by molar-refractivity contribution is 7.99. The first-order chi connectivity index (χ1) is 13.8. The Kier molecular flexibility index (Phi) is 6.59. The SMILES string of the molecule is CC(CC(=O)NCc1ccc(F)cc1)S(=O)(=O)c1ccc2c(c1)NC(=O)CCS2. The van der Waals surface area contributed by atoms with Gasteiger partial charge in [-0.3, -0.25) is 9.59 Å². The predicted octanol–water partition coefficient (Wildman–Crippen LogP) is 3.13.